The van der Waals surface area contributed by atoms with E-state index in [1.807, 2.05) is 0 Å². The smallest absolute Gasteiger partial charge is 0.309 e. The Balaban J connectivity index is 1.19. The van der Waals surface area contributed by atoms with Crippen molar-refractivity contribution in [3.63, 3.8) is 0 Å². The molecule has 5 saturated carbocycles. The molecule has 0 unspecified atom stereocenters. The molecular formula is C34H45FN2O6. The second-order valence-corrected chi connectivity index (χ2v) is 14.5. The highest BCUT2D eigenvalue weighted by atomic mass is 19.1. The van der Waals surface area contributed by atoms with Gasteiger partial charge in [0.2, 0.25) is 5.91 Å². The average molecular weight is 597 g/mol. The van der Waals surface area contributed by atoms with Crippen LogP contribution in [-0.4, -0.2) is 48.7 Å². The van der Waals surface area contributed by atoms with Crippen LogP contribution in [0.25, 0.3) is 0 Å². The Morgan fingerprint density at radius 1 is 1.07 bits per heavy atom. The number of hydrogen-bond acceptors (Lipinski definition) is 5. The lowest BCUT2D eigenvalue weighted by molar-refractivity contribution is -0.150. The van der Waals surface area contributed by atoms with Gasteiger partial charge in [-0.2, -0.15) is 0 Å². The van der Waals surface area contributed by atoms with Crippen molar-refractivity contribution in [2.24, 2.45) is 34.5 Å². The van der Waals surface area contributed by atoms with Crippen LogP contribution in [0, 0.1) is 40.3 Å². The number of hydrogen-bond donors (Lipinski definition) is 3. The van der Waals surface area contributed by atoms with Gasteiger partial charge in [-0.3, -0.25) is 14.4 Å². The van der Waals surface area contributed by atoms with Gasteiger partial charge in [0.15, 0.2) is 11.6 Å². The van der Waals surface area contributed by atoms with E-state index < -0.39 is 23.1 Å². The Kier molecular flexibility index (Phi) is 7.96. The van der Waals surface area contributed by atoms with Crippen LogP contribution in [0.15, 0.2) is 23.8 Å². The molecule has 0 radical (unpaired) electrons. The van der Waals surface area contributed by atoms with Gasteiger partial charge in [-0.05, 0) is 100 Å². The van der Waals surface area contributed by atoms with Gasteiger partial charge in [-0.25, -0.2) is 4.39 Å². The van der Waals surface area contributed by atoms with Gasteiger partial charge < -0.3 is 25.2 Å². The maximum atomic E-state index is 15.1. The Hall–Kier alpha value is -3.10. The Morgan fingerprint density at radius 2 is 1.79 bits per heavy atom. The van der Waals surface area contributed by atoms with Crippen molar-refractivity contribution >= 4 is 17.8 Å². The molecular weight excluding hydrogens is 551 g/mol. The summed E-state index contributed by atoms with van der Waals surface area (Å²) in [6.45, 7) is 4.60. The number of aliphatic carboxylic acids is 1. The fraction of sp³-hybridized carbons (Fsp3) is 0.676. The van der Waals surface area contributed by atoms with Gasteiger partial charge in [0.1, 0.15) is 5.75 Å². The molecule has 2 amide bonds. The van der Waals surface area contributed by atoms with E-state index in [0.717, 1.165) is 31.7 Å². The van der Waals surface area contributed by atoms with Gasteiger partial charge in [-0.1, -0.05) is 25.0 Å². The van der Waals surface area contributed by atoms with Crippen LogP contribution >= 0.6 is 0 Å². The predicted octanol–water partition coefficient (Wildman–Crippen LogP) is 5.64. The number of carboxylic acids is 1. The largest absolute Gasteiger partial charge is 0.496 e. The molecule has 0 aromatic heterocycles. The van der Waals surface area contributed by atoms with Gasteiger partial charge in [0, 0.05) is 18.7 Å². The summed E-state index contributed by atoms with van der Waals surface area (Å²) >= 11 is 0. The van der Waals surface area contributed by atoms with E-state index in [-0.39, 0.29) is 58.3 Å². The van der Waals surface area contributed by atoms with Gasteiger partial charge >= 0.3 is 5.97 Å². The number of ether oxygens (including phenoxy) is 2. The lowest BCUT2D eigenvalue weighted by Gasteiger charge is -2.39. The zero-order chi connectivity index (χ0) is 30.5. The summed E-state index contributed by atoms with van der Waals surface area (Å²) in [5, 5.41) is 15.9. The molecule has 1 aromatic carbocycles. The predicted molar refractivity (Wildman–Crippen MR) is 158 cm³/mol. The number of amides is 2. The zero-order valence-corrected chi connectivity index (χ0v) is 25.5. The van der Waals surface area contributed by atoms with Crippen LogP contribution in [0.2, 0.25) is 0 Å². The van der Waals surface area contributed by atoms with Crippen LogP contribution in [0.3, 0.4) is 0 Å². The number of halogens is 1. The highest BCUT2D eigenvalue weighted by Gasteiger charge is 2.54. The number of allylic oxidation sites excluding steroid dienone is 2. The first-order chi connectivity index (χ1) is 20.5. The standard InChI is InChI=1S/C34H45FN2O6/c1-33(9-4-10-33)18-36-31(39)28-23-15-21(14-20(23)13-19-5-6-19)29(28)37-30(38)24-16-27(25(35)17-26(24)42-3)43-22-7-11-34(2,12-8-22)32(40)41/h13,16-17,19,21-23,28-29H,4-12,14-15,18H2,1-3H3,(H,36,39)(H,37,38)(H,40,41)/t21-,22?,23-,28-,29+,34?/m0/s1. The van der Waals surface area contributed by atoms with E-state index in [1.165, 1.54) is 38.0 Å². The topological polar surface area (TPSA) is 114 Å². The molecule has 5 fully saturated rings. The fourth-order valence-corrected chi connectivity index (χ4v) is 7.84. The minimum absolute atomic E-state index is 0.00748. The molecule has 0 aliphatic heterocycles. The molecule has 4 atom stereocenters. The lowest BCUT2D eigenvalue weighted by Crippen LogP contribution is -2.52. The third-order valence-electron chi connectivity index (χ3n) is 11.1. The molecule has 5 aliphatic rings. The highest BCUT2D eigenvalue weighted by Crippen LogP contribution is 2.53. The first-order valence-corrected chi connectivity index (χ1v) is 16.1. The summed E-state index contributed by atoms with van der Waals surface area (Å²) in [7, 11) is 1.39. The Bertz CT molecular complexity index is 1310. The molecule has 6 rings (SSSR count). The molecule has 9 heteroatoms. The number of benzene rings is 1. The first kappa shape index (κ1) is 29.9. The number of nitrogens with one attached hydrogen (secondary N) is 2. The van der Waals surface area contributed by atoms with Crippen molar-refractivity contribution in [2.75, 3.05) is 13.7 Å². The summed E-state index contributed by atoms with van der Waals surface area (Å²) in [4.78, 5) is 39.1. The van der Waals surface area contributed by atoms with E-state index in [9.17, 15) is 19.5 Å². The monoisotopic (exact) mass is 596 g/mol. The van der Waals surface area contributed by atoms with E-state index in [2.05, 4.69) is 23.6 Å². The minimum atomic E-state index is -0.833. The molecule has 0 heterocycles. The number of fused-ring (bicyclic) bond motifs is 2. The third-order valence-corrected chi connectivity index (χ3v) is 11.1. The Morgan fingerprint density at radius 3 is 2.40 bits per heavy atom. The molecule has 1 aromatic rings. The number of carbonyl (C=O) groups excluding carboxylic acids is 2. The maximum Gasteiger partial charge on any atom is 0.309 e. The fourth-order valence-electron chi connectivity index (χ4n) is 7.84. The van der Waals surface area contributed by atoms with E-state index in [0.29, 0.717) is 38.1 Å². The van der Waals surface area contributed by atoms with Crippen molar-refractivity contribution in [1.29, 1.82) is 0 Å². The van der Waals surface area contributed by atoms with Gasteiger partial charge in [0.25, 0.3) is 5.91 Å². The van der Waals surface area contributed by atoms with Crippen LogP contribution in [0.5, 0.6) is 11.5 Å². The van der Waals surface area contributed by atoms with Crippen molar-refractivity contribution in [3.8, 4) is 11.5 Å². The highest BCUT2D eigenvalue weighted by molar-refractivity contribution is 5.98. The first-order valence-electron chi connectivity index (χ1n) is 16.1. The minimum Gasteiger partial charge on any atom is -0.496 e. The molecule has 8 nitrogen and oxygen atoms in total. The van der Waals surface area contributed by atoms with E-state index >= 15 is 4.39 Å². The van der Waals surface area contributed by atoms with Gasteiger partial charge in [0.05, 0.1) is 30.1 Å². The number of methoxy groups -OCH3 is 1. The van der Waals surface area contributed by atoms with Crippen molar-refractivity contribution in [1.82, 2.24) is 10.6 Å². The number of rotatable bonds is 10. The maximum absolute atomic E-state index is 15.1. The third kappa shape index (κ3) is 6.01. The normalized spacial score (nSPS) is 33.5. The van der Waals surface area contributed by atoms with E-state index in [1.54, 1.807) is 6.92 Å². The van der Waals surface area contributed by atoms with Gasteiger partial charge in [-0.15, -0.1) is 0 Å². The zero-order valence-electron chi connectivity index (χ0n) is 25.5. The van der Waals surface area contributed by atoms with Crippen LogP contribution in [0.4, 0.5) is 4.39 Å². The van der Waals surface area contributed by atoms with Crippen LogP contribution < -0.4 is 20.1 Å². The van der Waals surface area contributed by atoms with E-state index in [4.69, 9.17) is 9.47 Å². The molecule has 234 valence electrons. The summed E-state index contributed by atoms with van der Waals surface area (Å²) in [5.41, 5.74) is 0.870. The second-order valence-electron chi connectivity index (χ2n) is 14.5. The summed E-state index contributed by atoms with van der Waals surface area (Å²) < 4.78 is 26.5. The SMILES string of the molecule is COc1cc(F)c(OC2CCC(C)(C(=O)O)CC2)cc1C(=O)N[C@@H]1[C@H]2CC(=CC3CC3)[C@H](C2)[C@@H]1C(=O)NCC1(C)CCC1. The van der Waals surface area contributed by atoms with Crippen molar-refractivity contribution in [2.45, 2.75) is 96.6 Å². The number of carboxylic acid groups (broad SMARTS) is 1. The van der Waals surface area contributed by atoms with Crippen LogP contribution in [-0.2, 0) is 9.59 Å². The number of carbonyl (C=O) groups is 3. The molecule has 0 saturated heterocycles. The Labute approximate surface area is 253 Å². The molecule has 43 heavy (non-hydrogen) atoms. The summed E-state index contributed by atoms with van der Waals surface area (Å²) in [6, 6.07) is 2.22. The second kappa shape index (κ2) is 11.4. The molecule has 2 bridgehead atoms. The summed E-state index contributed by atoms with van der Waals surface area (Å²) in [5.74, 6) is -1.26. The molecule has 3 N–H and O–H groups in total. The lowest BCUT2D eigenvalue weighted by atomic mass is 9.70. The van der Waals surface area contributed by atoms with Crippen LogP contribution in [0.1, 0.15) is 94.8 Å². The molecule has 5 aliphatic carbocycles. The summed E-state index contributed by atoms with van der Waals surface area (Å²) in [6.07, 6.45) is 11.5. The van der Waals surface area contributed by atoms with Crippen molar-refractivity contribution in [3.05, 3.63) is 35.2 Å². The molecule has 0 spiro atoms. The average Bonchev–Trinajstić information content (AvgIpc) is 3.59. The quantitative estimate of drug-likeness (QED) is 0.301. The van der Waals surface area contributed by atoms with Crippen molar-refractivity contribution < 1.29 is 33.4 Å².